The van der Waals surface area contributed by atoms with E-state index in [1.165, 1.54) is 25.7 Å². The molecule has 2 N–H and O–H groups in total. The number of pyridine rings is 1. The highest BCUT2D eigenvalue weighted by molar-refractivity contribution is 5.93. The average Bonchev–Trinajstić information content (AvgIpc) is 2.58. The van der Waals surface area contributed by atoms with Crippen molar-refractivity contribution in [3.63, 3.8) is 0 Å². The maximum absolute atomic E-state index is 11.5. The number of rotatable bonds is 2. The van der Waals surface area contributed by atoms with Gasteiger partial charge in [0.25, 0.3) is 5.91 Å². The van der Waals surface area contributed by atoms with Gasteiger partial charge in [0.15, 0.2) is 0 Å². The van der Waals surface area contributed by atoms with Gasteiger partial charge in [-0.1, -0.05) is 0 Å². The van der Waals surface area contributed by atoms with Gasteiger partial charge in [0.2, 0.25) is 0 Å². The van der Waals surface area contributed by atoms with Gasteiger partial charge < -0.3 is 4.74 Å². The molecular formula is C17H23N3O3. The molecule has 124 valence electrons. The first kappa shape index (κ1) is 15.1. The molecule has 6 nitrogen and oxygen atoms in total. The third kappa shape index (κ3) is 2.75. The molecule has 2 aliphatic heterocycles. The number of carbonyl (C=O) groups excluding carboxylic acids is 1. The molecule has 1 aliphatic carbocycles. The first-order valence-electron chi connectivity index (χ1n) is 8.43. The molecule has 6 heteroatoms. The summed E-state index contributed by atoms with van der Waals surface area (Å²) in [6.07, 6.45) is 7.46. The summed E-state index contributed by atoms with van der Waals surface area (Å²) in [5, 5.41) is 8.72. The molecule has 0 aromatic carbocycles. The largest absolute Gasteiger partial charge is 0.381 e. The van der Waals surface area contributed by atoms with Crippen molar-refractivity contribution in [3.05, 3.63) is 29.1 Å². The van der Waals surface area contributed by atoms with Gasteiger partial charge in [-0.05, 0) is 49.1 Å². The molecule has 2 fully saturated rings. The predicted molar refractivity (Wildman–Crippen MR) is 83.1 cm³/mol. The van der Waals surface area contributed by atoms with Crippen molar-refractivity contribution in [2.24, 2.45) is 5.41 Å². The van der Waals surface area contributed by atoms with Crippen molar-refractivity contribution < 1.29 is 14.7 Å². The summed E-state index contributed by atoms with van der Waals surface area (Å²) in [7, 11) is 0. The average molecular weight is 317 g/mol. The number of hydroxylamine groups is 1. The predicted octanol–water partition coefficient (Wildman–Crippen LogP) is 1.52. The minimum Gasteiger partial charge on any atom is -0.381 e. The van der Waals surface area contributed by atoms with Crippen molar-refractivity contribution in [1.82, 2.24) is 15.4 Å². The van der Waals surface area contributed by atoms with Gasteiger partial charge in [-0.3, -0.25) is 19.9 Å². The quantitative estimate of drug-likeness (QED) is 0.639. The van der Waals surface area contributed by atoms with Gasteiger partial charge in [0.1, 0.15) is 0 Å². The molecule has 3 aliphatic rings. The zero-order valence-electron chi connectivity index (χ0n) is 13.3. The summed E-state index contributed by atoms with van der Waals surface area (Å²) >= 11 is 0. The van der Waals surface area contributed by atoms with Crippen LogP contribution in [-0.4, -0.2) is 46.8 Å². The van der Waals surface area contributed by atoms with Crippen LogP contribution in [0.15, 0.2) is 12.3 Å². The van der Waals surface area contributed by atoms with E-state index in [9.17, 15) is 4.79 Å². The fraction of sp³-hybridized carbons (Fsp3) is 0.647. The van der Waals surface area contributed by atoms with Gasteiger partial charge in [0, 0.05) is 31.9 Å². The number of amides is 1. The van der Waals surface area contributed by atoms with Crippen LogP contribution in [0, 0.1) is 5.41 Å². The lowest BCUT2D eigenvalue weighted by molar-refractivity contribution is -0.0986. The van der Waals surface area contributed by atoms with E-state index in [1.807, 2.05) is 6.07 Å². The maximum atomic E-state index is 11.5. The molecule has 23 heavy (non-hydrogen) atoms. The fourth-order valence-corrected chi connectivity index (χ4v) is 4.36. The summed E-state index contributed by atoms with van der Waals surface area (Å²) in [5.74, 6) is -0.499. The third-order valence-corrected chi connectivity index (χ3v) is 5.70. The first-order chi connectivity index (χ1) is 11.2. The van der Waals surface area contributed by atoms with Crippen LogP contribution in [0.5, 0.6) is 0 Å². The monoisotopic (exact) mass is 317 g/mol. The highest BCUT2D eigenvalue weighted by Gasteiger charge is 2.47. The number of carbonyl (C=O) groups is 1. The summed E-state index contributed by atoms with van der Waals surface area (Å²) in [4.78, 5) is 18.4. The zero-order chi connectivity index (χ0) is 15.9. The van der Waals surface area contributed by atoms with E-state index in [2.05, 4.69) is 9.88 Å². The zero-order valence-corrected chi connectivity index (χ0v) is 13.3. The summed E-state index contributed by atoms with van der Waals surface area (Å²) in [6.45, 7) is 3.74. The molecule has 0 atom stereocenters. The van der Waals surface area contributed by atoms with E-state index >= 15 is 0 Å². The summed E-state index contributed by atoms with van der Waals surface area (Å²) in [6, 6.07) is 2.50. The number of nitrogens with one attached hydrogen (secondary N) is 1. The number of aromatic nitrogens is 1. The first-order valence-corrected chi connectivity index (χ1v) is 8.43. The Hall–Kier alpha value is -1.50. The minimum absolute atomic E-state index is 0.418. The van der Waals surface area contributed by atoms with Crippen LogP contribution in [0.1, 0.15) is 47.3 Å². The van der Waals surface area contributed by atoms with Crippen LogP contribution in [0.25, 0.3) is 0 Å². The van der Waals surface area contributed by atoms with Gasteiger partial charge in [-0.25, -0.2) is 5.48 Å². The highest BCUT2D eigenvalue weighted by atomic mass is 16.5. The Bertz CT molecular complexity index is 605. The molecule has 0 radical (unpaired) electrons. The molecule has 1 aromatic heterocycles. The standard InChI is InChI=1S/C17H23N3O3/c21-16(19-22)13-6-12-2-4-20(10-15(12)18-9-13)14-7-17(8-14)3-1-5-23-11-17/h6,9,14,22H,1-5,7-8,10-11H2,(H,19,21). The molecular weight excluding hydrogens is 294 g/mol. The van der Waals surface area contributed by atoms with Gasteiger partial charge in [-0.15, -0.1) is 0 Å². The van der Waals surface area contributed by atoms with Crippen LogP contribution < -0.4 is 5.48 Å². The summed E-state index contributed by atoms with van der Waals surface area (Å²) < 4.78 is 5.68. The molecule has 1 saturated heterocycles. The number of ether oxygens (including phenoxy) is 1. The number of nitrogens with zero attached hydrogens (tertiary/aromatic N) is 2. The molecule has 1 saturated carbocycles. The fourth-order valence-electron chi connectivity index (χ4n) is 4.36. The molecule has 1 aromatic rings. The van der Waals surface area contributed by atoms with E-state index < -0.39 is 5.91 Å². The molecule has 0 bridgehead atoms. The van der Waals surface area contributed by atoms with Crippen molar-refractivity contribution in [1.29, 1.82) is 0 Å². The summed E-state index contributed by atoms with van der Waals surface area (Å²) in [5.41, 5.74) is 4.71. The number of hydrogen-bond donors (Lipinski definition) is 2. The van der Waals surface area contributed by atoms with Gasteiger partial charge in [0.05, 0.1) is 17.9 Å². The van der Waals surface area contributed by atoms with Crippen molar-refractivity contribution in [2.45, 2.75) is 44.7 Å². The molecule has 1 spiro atoms. The Kier molecular flexibility index (Phi) is 3.83. The lowest BCUT2D eigenvalue weighted by Crippen LogP contribution is -2.55. The smallest absolute Gasteiger partial charge is 0.276 e. The SMILES string of the molecule is O=C(NO)c1cnc2c(c1)CCN(C1CC3(CCCOC3)C1)C2. The van der Waals surface area contributed by atoms with Crippen LogP contribution in [0.4, 0.5) is 0 Å². The van der Waals surface area contributed by atoms with Crippen LogP contribution >= 0.6 is 0 Å². The molecule has 0 unspecified atom stereocenters. The number of hydrogen-bond acceptors (Lipinski definition) is 5. The lowest BCUT2D eigenvalue weighted by Gasteiger charge is -2.54. The Labute approximate surface area is 135 Å². The van der Waals surface area contributed by atoms with E-state index in [-0.39, 0.29) is 0 Å². The van der Waals surface area contributed by atoms with Crippen LogP contribution in [0.2, 0.25) is 0 Å². The second-order valence-corrected chi connectivity index (χ2v) is 7.21. The Balaban J connectivity index is 1.41. The van der Waals surface area contributed by atoms with E-state index in [4.69, 9.17) is 9.94 Å². The van der Waals surface area contributed by atoms with Crippen LogP contribution in [-0.2, 0) is 17.7 Å². The third-order valence-electron chi connectivity index (χ3n) is 5.70. The second-order valence-electron chi connectivity index (χ2n) is 7.21. The maximum Gasteiger partial charge on any atom is 0.276 e. The van der Waals surface area contributed by atoms with E-state index in [0.717, 1.165) is 44.0 Å². The second kappa shape index (κ2) is 5.85. The van der Waals surface area contributed by atoms with Crippen molar-refractivity contribution in [3.8, 4) is 0 Å². The van der Waals surface area contributed by atoms with Crippen LogP contribution in [0.3, 0.4) is 0 Å². The Morgan fingerprint density at radius 1 is 1.48 bits per heavy atom. The molecule has 3 heterocycles. The van der Waals surface area contributed by atoms with E-state index in [0.29, 0.717) is 17.0 Å². The topological polar surface area (TPSA) is 74.7 Å². The normalized spacial score (nSPS) is 30.6. The van der Waals surface area contributed by atoms with Crippen molar-refractivity contribution >= 4 is 5.91 Å². The van der Waals surface area contributed by atoms with Gasteiger partial charge >= 0.3 is 0 Å². The minimum atomic E-state index is -0.499. The molecule has 4 rings (SSSR count). The Morgan fingerprint density at radius 2 is 2.35 bits per heavy atom. The van der Waals surface area contributed by atoms with Gasteiger partial charge in [-0.2, -0.15) is 0 Å². The Morgan fingerprint density at radius 3 is 3.09 bits per heavy atom. The lowest BCUT2D eigenvalue weighted by atomic mass is 9.62. The van der Waals surface area contributed by atoms with E-state index in [1.54, 1.807) is 11.7 Å². The highest BCUT2D eigenvalue weighted by Crippen LogP contribution is 2.49. The van der Waals surface area contributed by atoms with Crippen molar-refractivity contribution in [2.75, 3.05) is 19.8 Å². The molecule has 1 amide bonds. The number of fused-ring (bicyclic) bond motifs is 1.